The van der Waals surface area contributed by atoms with E-state index in [-0.39, 0.29) is 6.10 Å². The van der Waals surface area contributed by atoms with E-state index in [1.807, 2.05) is 0 Å². The summed E-state index contributed by atoms with van der Waals surface area (Å²) in [6, 6.07) is 0. The van der Waals surface area contributed by atoms with Crippen LogP contribution >= 0.6 is 0 Å². The van der Waals surface area contributed by atoms with E-state index in [0.29, 0.717) is 10.8 Å². The van der Waals surface area contributed by atoms with Crippen molar-refractivity contribution < 1.29 is 5.11 Å². The molecular formula is C28H50O. The molecule has 4 saturated carbocycles. The first-order valence-electron chi connectivity index (χ1n) is 13.4. The molecule has 0 heterocycles. The molecule has 0 amide bonds. The molecule has 4 rings (SSSR count). The smallest absolute Gasteiger partial charge is 0.0540 e. The van der Waals surface area contributed by atoms with Gasteiger partial charge >= 0.3 is 0 Å². The van der Waals surface area contributed by atoms with Gasteiger partial charge in [0.25, 0.3) is 0 Å². The summed E-state index contributed by atoms with van der Waals surface area (Å²) in [5, 5.41) is 10.3. The highest BCUT2D eigenvalue weighted by Gasteiger charge is 2.59. The van der Waals surface area contributed by atoms with Gasteiger partial charge in [0.1, 0.15) is 0 Å². The molecule has 0 aromatic heterocycles. The lowest BCUT2D eigenvalue weighted by atomic mass is 9.46. The summed E-state index contributed by atoms with van der Waals surface area (Å²) >= 11 is 0. The highest BCUT2D eigenvalue weighted by Crippen LogP contribution is 2.68. The molecule has 1 nitrogen and oxygen atoms in total. The molecule has 0 radical (unpaired) electrons. The van der Waals surface area contributed by atoms with Crippen LogP contribution in [-0.4, -0.2) is 11.2 Å². The topological polar surface area (TPSA) is 20.2 Å². The van der Waals surface area contributed by atoms with Crippen LogP contribution in [0, 0.1) is 52.3 Å². The third-order valence-electron chi connectivity index (χ3n) is 11.1. The van der Waals surface area contributed by atoms with Crippen molar-refractivity contribution in [1.29, 1.82) is 0 Å². The Hall–Kier alpha value is -0.0400. The zero-order valence-corrected chi connectivity index (χ0v) is 20.3. The molecule has 0 aromatic carbocycles. The van der Waals surface area contributed by atoms with E-state index in [9.17, 15) is 5.11 Å². The maximum Gasteiger partial charge on any atom is 0.0540 e. The molecule has 0 saturated heterocycles. The van der Waals surface area contributed by atoms with Gasteiger partial charge in [0, 0.05) is 0 Å². The fourth-order valence-corrected chi connectivity index (χ4v) is 9.44. The average molecular weight is 403 g/mol. The molecule has 1 N–H and O–H groups in total. The van der Waals surface area contributed by atoms with Crippen LogP contribution in [0.5, 0.6) is 0 Å². The van der Waals surface area contributed by atoms with Crippen molar-refractivity contribution >= 4 is 0 Å². The van der Waals surface area contributed by atoms with Gasteiger partial charge in [-0.05, 0) is 116 Å². The fourth-order valence-electron chi connectivity index (χ4n) is 9.44. The number of rotatable bonds is 5. The predicted molar refractivity (Wildman–Crippen MR) is 124 cm³/mol. The molecule has 4 aliphatic rings. The van der Waals surface area contributed by atoms with Crippen LogP contribution in [0.25, 0.3) is 0 Å². The lowest BCUT2D eigenvalue weighted by molar-refractivity contribution is -0.103. The van der Waals surface area contributed by atoms with Crippen molar-refractivity contribution in [2.24, 2.45) is 52.3 Å². The molecule has 0 bridgehead atoms. The Morgan fingerprint density at radius 3 is 2.21 bits per heavy atom. The van der Waals surface area contributed by atoms with Crippen LogP contribution < -0.4 is 0 Å². The number of aliphatic hydroxyl groups is 1. The summed E-state index contributed by atoms with van der Waals surface area (Å²) in [5.74, 6) is 6.56. The van der Waals surface area contributed by atoms with Crippen molar-refractivity contribution in [3.05, 3.63) is 0 Å². The van der Waals surface area contributed by atoms with Crippen molar-refractivity contribution in [3.63, 3.8) is 0 Å². The Bertz CT molecular complexity index is 555. The van der Waals surface area contributed by atoms with Gasteiger partial charge < -0.3 is 5.11 Å². The van der Waals surface area contributed by atoms with Gasteiger partial charge in [0.05, 0.1) is 6.10 Å². The molecule has 0 aliphatic heterocycles. The Labute approximate surface area is 181 Å². The predicted octanol–water partition coefficient (Wildman–Crippen LogP) is 7.86. The van der Waals surface area contributed by atoms with Gasteiger partial charge in [-0.25, -0.2) is 0 Å². The second-order valence-corrected chi connectivity index (χ2v) is 13.0. The third kappa shape index (κ3) is 3.96. The Balaban J connectivity index is 1.47. The van der Waals surface area contributed by atoms with Crippen LogP contribution in [0.1, 0.15) is 118 Å². The fraction of sp³-hybridized carbons (Fsp3) is 1.00. The largest absolute Gasteiger partial charge is 0.393 e. The first-order chi connectivity index (χ1) is 13.8. The Morgan fingerprint density at radius 1 is 0.759 bits per heavy atom. The lowest BCUT2D eigenvalue weighted by Crippen LogP contribution is -2.52. The van der Waals surface area contributed by atoms with E-state index in [2.05, 4.69) is 34.6 Å². The Kier molecular flexibility index (Phi) is 6.48. The minimum atomic E-state index is -0.0210. The summed E-state index contributed by atoms with van der Waals surface area (Å²) in [6.45, 7) is 12.7. The third-order valence-corrected chi connectivity index (χ3v) is 11.1. The van der Waals surface area contributed by atoms with Gasteiger partial charge in [-0.1, -0.05) is 53.9 Å². The van der Waals surface area contributed by atoms with Crippen molar-refractivity contribution in [2.75, 3.05) is 0 Å². The minimum Gasteiger partial charge on any atom is -0.393 e. The van der Waals surface area contributed by atoms with E-state index in [1.165, 1.54) is 70.6 Å². The summed E-state index contributed by atoms with van der Waals surface area (Å²) in [6.07, 6.45) is 17.9. The van der Waals surface area contributed by atoms with Crippen molar-refractivity contribution in [1.82, 2.24) is 0 Å². The normalized spacial score (nSPS) is 48.5. The second kappa shape index (κ2) is 8.48. The average Bonchev–Trinajstić information content (AvgIpc) is 2.94. The molecule has 1 heteroatoms. The highest BCUT2D eigenvalue weighted by atomic mass is 16.3. The quantitative estimate of drug-likeness (QED) is 0.496. The monoisotopic (exact) mass is 402 g/mol. The van der Waals surface area contributed by atoms with Crippen molar-refractivity contribution in [3.8, 4) is 0 Å². The first-order valence-corrected chi connectivity index (χ1v) is 13.4. The van der Waals surface area contributed by atoms with Gasteiger partial charge in [-0.3, -0.25) is 0 Å². The number of aliphatic hydroxyl groups excluding tert-OH is 1. The molecular weight excluding hydrogens is 352 g/mol. The summed E-state index contributed by atoms with van der Waals surface area (Å²) in [7, 11) is 0. The zero-order valence-electron chi connectivity index (χ0n) is 20.3. The molecule has 4 fully saturated rings. The maximum absolute atomic E-state index is 10.3. The summed E-state index contributed by atoms with van der Waals surface area (Å²) in [5.41, 5.74) is 1.13. The highest BCUT2D eigenvalue weighted by molar-refractivity contribution is 5.09. The van der Waals surface area contributed by atoms with Crippen molar-refractivity contribution in [2.45, 2.75) is 124 Å². The van der Waals surface area contributed by atoms with Gasteiger partial charge in [-0.15, -0.1) is 0 Å². The maximum atomic E-state index is 10.3. The van der Waals surface area contributed by atoms with E-state index in [1.54, 1.807) is 0 Å². The van der Waals surface area contributed by atoms with Crippen LogP contribution in [0.2, 0.25) is 0 Å². The van der Waals surface area contributed by atoms with Crippen LogP contribution in [-0.2, 0) is 0 Å². The van der Waals surface area contributed by atoms with E-state index >= 15 is 0 Å². The lowest BCUT2D eigenvalue weighted by Gasteiger charge is -2.59. The van der Waals surface area contributed by atoms with Crippen LogP contribution in [0.3, 0.4) is 0 Å². The van der Waals surface area contributed by atoms with E-state index < -0.39 is 0 Å². The molecule has 4 aliphatic carbocycles. The molecule has 168 valence electrons. The van der Waals surface area contributed by atoms with E-state index in [4.69, 9.17) is 0 Å². The number of hydrogen-bond donors (Lipinski definition) is 1. The molecule has 9 atom stereocenters. The standard InChI is InChI=1S/C28H50O/c1-19(2)7-6-8-20(3)24-13-14-25-23-12-10-21-9-11-22(29)15-17-27(21,4)26(23)16-18-28(24,25)5/h19-26,29H,6-18H2,1-5H3/t20-,21?,22-,23+,24-,25+,26+,27+,28-/m1/s1. The first kappa shape index (κ1) is 22.2. The molecule has 29 heavy (non-hydrogen) atoms. The number of fused-ring (bicyclic) bond motifs is 5. The second-order valence-electron chi connectivity index (χ2n) is 13.0. The summed E-state index contributed by atoms with van der Waals surface area (Å²) in [4.78, 5) is 0. The Morgan fingerprint density at radius 2 is 1.45 bits per heavy atom. The van der Waals surface area contributed by atoms with Crippen LogP contribution in [0.4, 0.5) is 0 Å². The van der Waals surface area contributed by atoms with Gasteiger partial charge in [0.2, 0.25) is 0 Å². The molecule has 0 aromatic rings. The minimum absolute atomic E-state index is 0.0210. The molecule has 0 spiro atoms. The SMILES string of the molecule is CC(C)CCC[C@@H](C)[C@H]1CC[C@H]2[C@@H]3CCC4CC[C@@H](O)CC[C@]4(C)[C@H]3CC[C@]12C. The zero-order chi connectivity index (χ0) is 20.8. The number of hydrogen-bond acceptors (Lipinski definition) is 1. The van der Waals surface area contributed by atoms with E-state index in [0.717, 1.165) is 54.3 Å². The summed E-state index contributed by atoms with van der Waals surface area (Å²) < 4.78 is 0. The van der Waals surface area contributed by atoms with Gasteiger partial charge in [-0.2, -0.15) is 0 Å². The molecule has 1 unspecified atom stereocenters. The van der Waals surface area contributed by atoms with Crippen LogP contribution in [0.15, 0.2) is 0 Å². The van der Waals surface area contributed by atoms with Gasteiger partial charge in [0.15, 0.2) is 0 Å².